The van der Waals surface area contributed by atoms with Gasteiger partial charge in [0.2, 0.25) is 5.91 Å². The molecule has 0 aliphatic carbocycles. The van der Waals surface area contributed by atoms with Crippen LogP contribution in [0, 0.1) is 0 Å². The molecule has 0 saturated carbocycles. The zero-order chi connectivity index (χ0) is 22.2. The number of likely N-dealkylation sites (N-methyl/N-ethyl adjacent to an activating group) is 1. The van der Waals surface area contributed by atoms with Gasteiger partial charge in [-0.2, -0.15) is 13.2 Å². The Morgan fingerprint density at radius 1 is 1.03 bits per heavy atom. The van der Waals surface area contributed by atoms with Crippen molar-refractivity contribution >= 4 is 22.6 Å². The maximum absolute atomic E-state index is 13.6. The largest absolute Gasteiger partial charge is 0.416 e. The number of hydrogen-bond donors (Lipinski definition) is 0. The van der Waals surface area contributed by atoms with Gasteiger partial charge in [0.05, 0.1) is 12.0 Å². The van der Waals surface area contributed by atoms with E-state index in [1.54, 1.807) is 18.3 Å². The summed E-state index contributed by atoms with van der Waals surface area (Å²) >= 11 is 0. The molecule has 0 spiro atoms. The van der Waals surface area contributed by atoms with Crippen molar-refractivity contribution in [2.45, 2.75) is 12.6 Å². The van der Waals surface area contributed by atoms with Crippen molar-refractivity contribution in [1.82, 2.24) is 9.55 Å². The predicted molar refractivity (Wildman–Crippen MR) is 115 cm³/mol. The first-order valence-electron chi connectivity index (χ1n) is 9.66. The molecular formula is C24H20F3N3O. The molecule has 4 aromatic rings. The highest BCUT2D eigenvalue weighted by atomic mass is 19.4. The summed E-state index contributed by atoms with van der Waals surface area (Å²) in [7, 11) is 3.34. The van der Waals surface area contributed by atoms with Crippen molar-refractivity contribution in [1.29, 1.82) is 0 Å². The van der Waals surface area contributed by atoms with Crippen LogP contribution in [0.2, 0.25) is 0 Å². The lowest BCUT2D eigenvalue weighted by atomic mass is 10.0. The minimum atomic E-state index is -4.54. The number of anilines is 1. The fourth-order valence-electron chi connectivity index (χ4n) is 3.48. The van der Waals surface area contributed by atoms with Crippen LogP contribution in [-0.4, -0.2) is 22.5 Å². The molecule has 0 bridgehead atoms. The highest BCUT2D eigenvalue weighted by Crippen LogP contribution is 2.36. The summed E-state index contributed by atoms with van der Waals surface area (Å²) in [6.07, 6.45) is -1.05. The number of carbonyl (C=O) groups excluding carboxylic acids is 1. The van der Waals surface area contributed by atoms with Gasteiger partial charge in [-0.25, -0.2) is 4.98 Å². The van der Waals surface area contributed by atoms with E-state index < -0.39 is 11.7 Å². The van der Waals surface area contributed by atoms with Gasteiger partial charge in [-0.05, 0) is 41.5 Å². The predicted octanol–water partition coefficient (Wildman–Crippen LogP) is 5.46. The molecule has 0 unspecified atom stereocenters. The molecule has 2 aromatic heterocycles. The Bertz CT molecular complexity index is 1250. The smallest absolute Gasteiger partial charge is 0.336 e. The molecule has 0 saturated heterocycles. The number of rotatable bonds is 4. The second-order valence-electron chi connectivity index (χ2n) is 7.44. The van der Waals surface area contributed by atoms with Crippen molar-refractivity contribution in [3.05, 3.63) is 84.2 Å². The average Bonchev–Trinajstić information content (AvgIpc) is 3.13. The van der Waals surface area contributed by atoms with Crippen molar-refractivity contribution < 1.29 is 18.0 Å². The van der Waals surface area contributed by atoms with E-state index in [-0.39, 0.29) is 18.0 Å². The summed E-state index contributed by atoms with van der Waals surface area (Å²) in [6.45, 7) is 0. The molecule has 2 heterocycles. The number of pyridine rings is 1. The Labute approximate surface area is 177 Å². The minimum absolute atomic E-state index is 0.0977. The Hall–Kier alpha value is -3.61. The molecule has 4 rings (SSSR count). The lowest BCUT2D eigenvalue weighted by Gasteiger charge is -2.20. The second-order valence-corrected chi connectivity index (χ2v) is 7.44. The van der Waals surface area contributed by atoms with E-state index in [2.05, 4.69) is 4.98 Å². The van der Waals surface area contributed by atoms with E-state index in [1.807, 2.05) is 54.2 Å². The van der Waals surface area contributed by atoms with Gasteiger partial charge in [-0.1, -0.05) is 30.3 Å². The van der Waals surface area contributed by atoms with Gasteiger partial charge in [-0.15, -0.1) is 0 Å². The minimum Gasteiger partial charge on any atom is -0.336 e. The quantitative estimate of drug-likeness (QED) is 0.437. The van der Waals surface area contributed by atoms with Crippen molar-refractivity contribution in [3.63, 3.8) is 0 Å². The molecule has 4 nitrogen and oxygen atoms in total. The lowest BCUT2D eigenvalue weighted by Crippen LogP contribution is -2.28. The zero-order valence-corrected chi connectivity index (χ0v) is 17.0. The summed E-state index contributed by atoms with van der Waals surface area (Å²) in [5.74, 6) is -0.298. The molecule has 158 valence electrons. The maximum Gasteiger partial charge on any atom is 0.416 e. The number of carbonyl (C=O) groups is 1. The van der Waals surface area contributed by atoms with Crippen LogP contribution in [0.15, 0.2) is 73.1 Å². The van der Waals surface area contributed by atoms with Crippen molar-refractivity contribution in [2.24, 2.45) is 7.05 Å². The number of fused-ring (bicyclic) bond motifs is 1. The number of hydrogen-bond acceptors (Lipinski definition) is 2. The topological polar surface area (TPSA) is 38.1 Å². The monoisotopic (exact) mass is 423 g/mol. The Morgan fingerprint density at radius 3 is 2.48 bits per heavy atom. The van der Waals surface area contributed by atoms with Crippen LogP contribution in [-0.2, 0) is 24.4 Å². The Balaban J connectivity index is 1.74. The van der Waals surface area contributed by atoms with Gasteiger partial charge >= 0.3 is 6.18 Å². The van der Waals surface area contributed by atoms with Crippen LogP contribution < -0.4 is 4.90 Å². The first-order chi connectivity index (χ1) is 14.7. The number of aryl methyl sites for hydroxylation is 1. The summed E-state index contributed by atoms with van der Waals surface area (Å²) in [4.78, 5) is 18.4. The number of amides is 1. The molecule has 0 aliphatic rings. The first kappa shape index (κ1) is 20.7. The Morgan fingerprint density at radius 2 is 1.77 bits per heavy atom. The highest BCUT2D eigenvalue weighted by Gasteiger charge is 2.32. The van der Waals surface area contributed by atoms with Crippen LogP contribution in [0.25, 0.3) is 22.2 Å². The van der Waals surface area contributed by atoms with Crippen LogP contribution in [0.4, 0.5) is 18.9 Å². The summed E-state index contributed by atoms with van der Waals surface area (Å²) in [6, 6.07) is 16.4. The van der Waals surface area contributed by atoms with E-state index in [0.717, 1.165) is 28.7 Å². The van der Waals surface area contributed by atoms with Crippen molar-refractivity contribution in [2.75, 3.05) is 11.9 Å². The van der Waals surface area contributed by atoms with Crippen LogP contribution >= 0.6 is 0 Å². The van der Waals surface area contributed by atoms with E-state index in [1.165, 1.54) is 11.9 Å². The fourth-order valence-corrected chi connectivity index (χ4v) is 3.48. The molecule has 31 heavy (non-hydrogen) atoms. The zero-order valence-electron chi connectivity index (χ0n) is 17.0. The van der Waals surface area contributed by atoms with E-state index in [0.29, 0.717) is 11.1 Å². The number of benzene rings is 2. The first-order valence-corrected chi connectivity index (χ1v) is 9.66. The van der Waals surface area contributed by atoms with Gasteiger partial charge in [0.1, 0.15) is 5.65 Å². The second kappa shape index (κ2) is 7.91. The molecular weight excluding hydrogens is 403 g/mol. The van der Waals surface area contributed by atoms with E-state index >= 15 is 0 Å². The van der Waals surface area contributed by atoms with E-state index in [4.69, 9.17) is 0 Å². The Kier molecular flexibility index (Phi) is 5.27. The average molecular weight is 423 g/mol. The fraction of sp³-hybridized carbons (Fsp3) is 0.167. The van der Waals surface area contributed by atoms with Crippen LogP contribution in [0.1, 0.15) is 11.1 Å². The molecule has 0 atom stereocenters. The number of nitrogens with zero attached hydrogens (tertiary/aromatic N) is 3. The standard InChI is InChI=1S/C24H20F3N3O/c1-29-9-8-17-11-19(15-28-23(17)29)18-12-20(24(25,26)27)14-21(13-18)30(2)22(31)10-16-6-4-3-5-7-16/h3-9,11-15H,10H2,1-2H3. The maximum atomic E-state index is 13.6. The lowest BCUT2D eigenvalue weighted by molar-refractivity contribution is -0.137. The summed E-state index contributed by atoms with van der Waals surface area (Å²) in [5, 5.41) is 0.826. The molecule has 0 aliphatic heterocycles. The third-order valence-electron chi connectivity index (χ3n) is 5.24. The number of alkyl halides is 3. The molecule has 0 fully saturated rings. The number of aromatic nitrogens is 2. The van der Waals surface area contributed by atoms with Gasteiger partial charge < -0.3 is 9.47 Å². The van der Waals surface area contributed by atoms with Gasteiger partial charge in [0, 0.05) is 43.1 Å². The number of halogens is 3. The summed E-state index contributed by atoms with van der Waals surface area (Å²) in [5.41, 5.74) is 1.81. The molecule has 1 amide bonds. The third-order valence-corrected chi connectivity index (χ3v) is 5.24. The highest BCUT2D eigenvalue weighted by molar-refractivity contribution is 5.95. The van der Waals surface area contributed by atoms with Crippen LogP contribution in [0.5, 0.6) is 0 Å². The normalized spacial score (nSPS) is 11.6. The van der Waals surface area contributed by atoms with Crippen LogP contribution in [0.3, 0.4) is 0 Å². The molecule has 2 aromatic carbocycles. The van der Waals surface area contributed by atoms with Crippen molar-refractivity contribution in [3.8, 4) is 11.1 Å². The van der Waals surface area contributed by atoms with Gasteiger partial charge in [0.15, 0.2) is 0 Å². The summed E-state index contributed by atoms with van der Waals surface area (Å²) < 4.78 is 42.7. The van der Waals surface area contributed by atoms with E-state index in [9.17, 15) is 18.0 Å². The van der Waals surface area contributed by atoms with Gasteiger partial charge in [-0.3, -0.25) is 4.79 Å². The third kappa shape index (κ3) is 4.30. The van der Waals surface area contributed by atoms with Gasteiger partial charge in [0.25, 0.3) is 0 Å². The molecule has 0 N–H and O–H groups in total. The SMILES string of the molecule is CN(C(=O)Cc1ccccc1)c1cc(-c2cnc3c(ccn3C)c2)cc(C(F)(F)F)c1. The molecule has 0 radical (unpaired) electrons. The molecule has 7 heteroatoms.